The van der Waals surface area contributed by atoms with Crippen molar-refractivity contribution in [1.29, 1.82) is 0 Å². The molecule has 19 heavy (non-hydrogen) atoms. The Labute approximate surface area is 119 Å². The molecule has 108 valence electrons. The van der Waals surface area contributed by atoms with Crippen LogP contribution in [0.15, 0.2) is 16.6 Å². The smallest absolute Gasteiger partial charge is 0.234 e. The minimum absolute atomic E-state index is 0.00749. The van der Waals surface area contributed by atoms with Gasteiger partial charge in [0.1, 0.15) is 11.6 Å². The second-order valence-corrected chi connectivity index (χ2v) is 6.97. The normalized spacial score (nSPS) is 11.9. The Hall–Kier alpha value is -0.730. The molecule has 0 fully saturated rings. The molecule has 2 N–H and O–H groups in total. The van der Waals surface area contributed by atoms with Crippen LogP contribution in [0.1, 0.15) is 13.8 Å². The van der Waals surface area contributed by atoms with Crippen LogP contribution in [0.25, 0.3) is 0 Å². The van der Waals surface area contributed by atoms with E-state index in [9.17, 15) is 17.2 Å². The first-order chi connectivity index (χ1) is 8.71. The van der Waals surface area contributed by atoms with Crippen LogP contribution in [0.4, 0.5) is 14.5 Å². The molecular formula is C11H15BrF2N2O2S. The van der Waals surface area contributed by atoms with E-state index in [4.69, 9.17) is 0 Å². The van der Waals surface area contributed by atoms with Gasteiger partial charge in [0.15, 0.2) is 0 Å². The van der Waals surface area contributed by atoms with Gasteiger partial charge in [0, 0.05) is 18.7 Å². The zero-order chi connectivity index (χ0) is 14.6. The van der Waals surface area contributed by atoms with Crippen molar-refractivity contribution in [2.24, 2.45) is 0 Å². The number of hydrogen-bond acceptors (Lipinski definition) is 3. The lowest BCUT2D eigenvalue weighted by atomic mass is 10.3. The second kappa shape index (κ2) is 6.62. The monoisotopic (exact) mass is 356 g/mol. The average molecular weight is 357 g/mol. The van der Waals surface area contributed by atoms with E-state index in [2.05, 4.69) is 26.0 Å². The second-order valence-electron chi connectivity index (χ2n) is 4.28. The van der Waals surface area contributed by atoms with Crippen LogP contribution < -0.4 is 10.0 Å². The molecule has 0 bridgehead atoms. The van der Waals surface area contributed by atoms with Crippen molar-refractivity contribution >= 4 is 31.6 Å². The van der Waals surface area contributed by atoms with E-state index in [-0.39, 0.29) is 28.5 Å². The highest BCUT2D eigenvalue weighted by Gasteiger charge is 2.15. The number of rotatable bonds is 6. The van der Waals surface area contributed by atoms with E-state index in [0.29, 0.717) is 6.07 Å². The number of benzene rings is 1. The fourth-order valence-electron chi connectivity index (χ4n) is 1.30. The standard InChI is InChI=1S/C11H15BrF2N2O2S/c1-7(2)15-3-4-19(17,18)16-11-5-8(12)9(13)6-10(11)14/h5-7,15-16H,3-4H2,1-2H3. The average Bonchev–Trinajstić information content (AvgIpc) is 2.24. The molecule has 4 nitrogen and oxygen atoms in total. The molecule has 0 aliphatic heterocycles. The summed E-state index contributed by atoms with van der Waals surface area (Å²) in [6.07, 6.45) is 0. The third-order valence-corrected chi connectivity index (χ3v) is 4.08. The quantitative estimate of drug-likeness (QED) is 0.769. The third-order valence-electron chi connectivity index (χ3n) is 2.20. The Kier molecular flexibility index (Phi) is 5.69. The molecule has 1 aromatic rings. The van der Waals surface area contributed by atoms with Gasteiger partial charge in [-0.15, -0.1) is 0 Å². The molecule has 0 unspecified atom stereocenters. The molecule has 0 heterocycles. The van der Waals surface area contributed by atoms with E-state index >= 15 is 0 Å². The van der Waals surface area contributed by atoms with Crippen LogP contribution in [0.5, 0.6) is 0 Å². The lowest BCUT2D eigenvalue weighted by Crippen LogP contribution is -2.31. The molecule has 0 aliphatic carbocycles. The van der Waals surface area contributed by atoms with Crippen LogP contribution >= 0.6 is 15.9 Å². The van der Waals surface area contributed by atoms with Gasteiger partial charge in [-0.2, -0.15) is 0 Å². The van der Waals surface area contributed by atoms with Crippen LogP contribution in [0, 0.1) is 11.6 Å². The maximum Gasteiger partial charge on any atom is 0.234 e. The molecule has 0 aromatic heterocycles. The minimum atomic E-state index is -3.68. The van der Waals surface area contributed by atoms with Crippen molar-refractivity contribution in [1.82, 2.24) is 5.32 Å². The van der Waals surface area contributed by atoms with Gasteiger partial charge in [-0.25, -0.2) is 17.2 Å². The van der Waals surface area contributed by atoms with Gasteiger partial charge in [-0.3, -0.25) is 4.72 Å². The summed E-state index contributed by atoms with van der Waals surface area (Å²) in [5.41, 5.74) is -0.280. The summed E-state index contributed by atoms with van der Waals surface area (Å²) in [5.74, 6) is -1.94. The van der Waals surface area contributed by atoms with Gasteiger partial charge >= 0.3 is 0 Å². The summed E-state index contributed by atoms with van der Waals surface area (Å²) in [7, 11) is -3.68. The van der Waals surface area contributed by atoms with Crippen LogP contribution in [0.2, 0.25) is 0 Å². The molecule has 0 amide bonds. The lowest BCUT2D eigenvalue weighted by molar-refractivity contribution is 0.574. The zero-order valence-electron chi connectivity index (χ0n) is 10.5. The van der Waals surface area contributed by atoms with Gasteiger partial charge < -0.3 is 5.32 Å². The number of hydrogen-bond donors (Lipinski definition) is 2. The summed E-state index contributed by atoms with van der Waals surface area (Å²) < 4.78 is 51.9. The van der Waals surface area contributed by atoms with E-state index in [1.807, 2.05) is 13.8 Å². The molecule has 1 rings (SSSR count). The fourth-order valence-corrected chi connectivity index (χ4v) is 2.62. The molecule has 0 spiro atoms. The molecule has 8 heteroatoms. The van der Waals surface area contributed by atoms with Gasteiger partial charge in [0.05, 0.1) is 15.9 Å². The number of anilines is 1. The summed E-state index contributed by atoms with van der Waals surface area (Å²) >= 11 is 2.87. The number of halogens is 3. The first-order valence-electron chi connectivity index (χ1n) is 5.59. The molecule has 0 saturated carbocycles. The first kappa shape index (κ1) is 16.3. The molecule has 0 saturated heterocycles. The Morgan fingerprint density at radius 3 is 2.47 bits per heavy atom. The maximum atomic E-state index is 13.4. The van der Waals surface area contributed by atoms with Crippen molar-refractivity contribution in [3.05, 3.63) is 28.2 Å². The summed E-state index contributed by atoms with van der Waals surface area (Å²) in [4.78, 5) is 0. The van der Waals surface area contributed by atoms with Gasteiger partial charge in [-0.1, -0.05) is 13.8 Å². The molecular weight excluding hydrogens is 342 g/mol. The molecule has 0 atom stereocenters. The Morgan fingerprint density at radius 1 is 1.26 bits per heavy atom. The SMILES string of the molecule is CC(C)NCCS(=O)(=O)Nc1cc(Br)c(F)cc1F. The highest BCUT2D eigenvalue weighted by atomic mass is 79.9. The topological polar surface area (TPSA) is 58.2 Å². The molecule has 1 aromatic carbocycles. The van der Waals surface area contributed by atoms with Crippen molar-refractivity contribution in [3.8, 4) is 0 Å². The van der Waals surface area contributed by atoms with Gasteiger partial charge in [-0.05, 0) is 22.0 Å². The van der Waals surface area contributed by atoms with E-state index in [0.717, 1.165) is 6.07 Å². The summed E-state index contributed by atoms with van der Waals surface area (Å²) in [5, 5.41) is 2.94. The Bertz CT molecular complexity index is 550. The zero-order valence-corrected chi connectivity index (χ0v) is 12.9. The fraction of sp³-hybridized carbons (Fsp3) is 0.455. The third kappa shape index (κ3) is 5.42. The largest absolute Gasteiger partial charge is 0.313 e. The van der Waals surface area contributed by atoms with Gasteiger partial charge in [0.2, 0.25) is 10.0 Å². The minimum Gasteiger partial charge on any atom is -0.313 e. The van der Waals surface area contributed by atoms with Crippen molar-refractivity contribution in [2.45, 2.75) is 19.9 Å². The van der Waals surface area contributed by atoms with E-state index in [1.54, 1.807) is 0 Å². The Morgan fingerprint density at radius 2 is 1.89 bits per heavy atom. The van der Waals surface area contributed by atoms with Crippen molar-refractivity contribution in [2.75, 3.05) is 17.0 Å². The van der Waals surface area contributed by atoms with Crippen LogP contribution in [-0.2, 0) is 10.0 Å². The van der Waals surface area contributed by atoms with E-state index < -0.39 is 21.7 Å². The summed E-state index contributed by atoms with van der Waals surface area (Å²) in [6.45, 7) is 4.02. The van der Waals surface area contributed by atoms with Crippen molar-refractivity contribution in [3.63, 3.8) is 0 Å². The highest BCUT2D eigenvalue weighted by molar-refractivity contribution is 9.10. The number of nitrogens with one attached hydrogen (secondary N) is 2. The Balaban J connectivity index is 2.76. The van der Waals surface area contributed by atoms with Crippen molar-refractivity contribution < 1.29 is 17.2 Å². The van der Waals surface area contributed by atoms with Crippen LogP contribution in [0.3, 0.4) is 0 Å². The predicted molar refractivity (Wildman–Crippen MR) is 74.6 cm³/mol. The molecule has 0 aliphatic rings. The maximum absolute atomic E-state index is 13.4. The van der Waals surface area contributed by atoms with Gasteiger partial charge in [0.25, 0.3) is 0 Å². The lowest BCUT2D eigenvalue weighted by Gasteiger charge is -2.11. The van der Waals surface area contributed by atoms with E-state index in [1.165, 1.54) is 0 Å². The number of sulfonamides is 1. The van der Waals surface area contributed by atoms with Crippen LogP contribution in [-0.4, -0.2) is 26.8 Å². The summed E-state index contributed by atoms with van der Waals surface area (Å²) in [6, 6.07) is 1.83. The first-order valence-corrected chi connectivity index (χ1v) is 8.04. The predicted octanol–water partition coefficient (Wildman–Crippen LogP) is 2.47. The molecule has 0 radical (unpaired) electrons. The highest BCUT2D eigenvalue weighted by Crippen LogP contribution is 2.24.